The first kappa shape index (κ1) is 15.0. The highest BCUT2D eigenvalue weighted by Crippen LogP contribution is 2.23. The van der Waals surface area contributed by atoms with Gasteiger partial charge in [0.2, 0.25) is 0 Å². The van der Waals surface area contributed by atoms with Crippen molar-refractivity contribution in [2.75, 3.05) is 4.72 Å². The molecule has 0 aliphatic carbocycles. The Morgan fingerprint density at radius 1 is 1.14 bits per heavy atom. The van der Waals surface area contributed by atoms with E-state index < -0.39 is 15.8 Å². The van der Waals surface area contributed by atoms with Crippen molar-refractivity contribution in [1.82, 2.24) is 0 Å². The van der Waals surface area contributed by atoms with Crippen LogP contribution in [0.15, 0.2) is 41.3 Å². The molecule has 0 saturated carbocycles. The average molecular weight is 304 g/mol. The van der Waals surface area contributed by atoms with Gasteiger partial charge in [0.25, 0.3) is 10.0 Å². The van der Waals surface area contributed by atoms with Gasteiger partial charge in [-0.2, -0.15) is 5.26 Å². The zero-order chi connectivity index (χ0) is 15.6. The Morgan fingerprint density at radius 2 is 1.86 bits per heavy atom. The summed E-state index contributed by atoms with van der Waals surface area (Å²) < 4.78 is 40.6. The first-order valence-electron chi connectivity index (χ1n) is 6.14. The Labute approximate surface area is 122 Å². The fourth-order valence-corrected chi connectivity index (χ4v) is 3.11. The summed E-state index contributed by atoms with van der Waals surface area (Å²) in [5, 5.41) is 8.86. The van der Waals surface area contributed by atoms with Crippen molar-refractivity contribution < 1.29 is 12.8 Å². The summed E-state index contributed by atoms with van der Waals surface area (Å²) in [6.45, 7) is 3.26. The van der Waals surface area contributed by atoms with Gasteiger partial charge in [0.1, 0.15) is 5.82 Å². The van der Waals surface area contributed by atoms with Crippen molar-refractivity contribution in [3.8, 4) is 6.07 Å². The van der Waals surface area contributed by atoms with E-state index in [1.807, 2.05) is 6.07 Å². The van der Waals surface area contributed by atoms with Gasteiger partial charge in [0.05, 0.1) is 22.2 Å². The van der Waals surface area contributed by atoms with E-state index in [1.165, 1.54) is 30.3 Å². The first-order valence-corrected chi connectivity index (χ1v) is 7.62. The van der Waals surface area contributed by atoms with Crippen molar-refractivity contribution >= 4 is 15.7 Å². The maximum absolute atomic E-state index is 13.7. The van der Waals surface area contributed by atoms with E-state index in [-0.39, 0.29) is 10.6 Å². The van der Waals surface area contributed by atoms with Gasteiger partial charge in [-0.15, -0.1) is 0 Å². The number of nitrogens with one attached hydrogen (secondary N) is 1. The Bertz CT molecular complexity index is 819. The number of sulfonamides is 1. The maximum atomic E-state index is 13.7. The largest absolute Gasteiger partial charge is 0.276 e. The summed E-state index contributed by atoms with van der Waals surface area (Å²) in [6, 6.07) is 10.4. The van der Waals surface area contributed by atoms with Crippen LogP contribution in [0.5, 0.6) is 0 Å². The van der Waals surface area contributed by atoms with E-state index in [4.69, 9.17) is 5.26 Å². The zero-order valence-corrected chi connectivity index (χ0v) is 12.3. The number of rotatable bonds is 3. The SMILES string of the molecule is Cc1cc(S(=O)(=O)Nc2c(C)cccc2F)ccc1C#N. The Morgan fingerprint density at radius 3 is 2.43 bits per heavy atom. The molecule has 0 aliphatic rings. The van der Waals surface area contributed by atoms with E-state index >= 15 is 0 Å². The number of nitriles is 1. The molecule has 0 unspecified atom stereocenters. The van der Waals surface area contributed by atoms with E-state index in [1.54, 1.807) is 19.9 Å². The monoisotopic (exact) mass is 304 g/mol. The molecule has 108 valence electrons. The second-order valence-electron chi connectivity index (χ2n) is 4.63. The summed E-state index contributed by atoms with van der Waals surface area (Å²) in [4.78, 5) is -0.0124. The van der Waals surface area contributed by atoms with Gasteiger partial charge in [-0.1, -0.05) is 12.1 Å². The predicted octanol–water partition coefficient (Wildman–Crippen LogP) is 3.12. The smallest absolute Gasteiger partial charge is 0.262 e. The first-order chi connectivity index (χ1) is 9.85. The maximum Gasteiger partial charge on any atom is 0.262 e. The lowest BCUT2D eigenvalue weighted by Gasteiger charge is -2.12. The molecule has 2 aromatic rings. The standard InChI is InChI=1S/C15H13FN2O2S/c1-10-4-3-5-14(16)15(10)18-21(19,20)13-7-6-12(9-17)11(2)8-13/h3-8,18H,1-2H3. The molecule has 0 spiro atoms. The third-order valence-corrected chi connectivity index (χ3v) is 4.43. The van der Waals surface area contributed by atoms with E-state index in [9.17, 15) is 12.8 Å². The summed E-state index contributed by atoms with van der Waals surface area (Å²) in [5.74, 6) is -0.635. The normalized spacial score (nSPS) is 11.0. The van der Waals surface area contributed by atoms with Crippen LogP contribution in [0.25, 0.3) is 0 Å². The van der Waals surface area contributed by atoms with Crippen LogP contribution >= 0.6 is 0 Å². The molecule has 0 radical (unpaired) electrons. The lowest BCUT2D eigenvalue weighted by Crippen LogP contribution is -2.15. The van der Waals surface area contributed by atoms with Crippen LogP contribution in [0.2, 0.25) is 0 Å². The molecule has 0 heterocycles. The Hall–Kier alpha value is -2.39. The van der Waals surface area contributed by atoms with Crippen molar-refractivity contribution in [2.45, 2.75) is 18.7 Å². The van der Waals surface area contributed by atoms with Crippen molar-refractivity contribution in [3.05, 3.63) is 58.9 Å². The van der Waals surface area contributed by atoms with Crippen LogP contribution < -0.4 is 4.72 Å². The third kappa shape index (κ3) is 3.03. The summed E-state index contributed by atoms with van der Waals surface area (Å²) in [6.07, 6.45) is 0. The van der Waals surface area contributed by atoms with Gasteiger partial charge < -0.3 is 0 Å². The predicted molar refractivity (Wildman–Crippen MR) is 77.8 cm³/mol. The van der Waals surface area contributed by atoms with Crippen molar-refractivity contribution in [3.63, 3.8) is 0 Å². The molecule has 0 saturated heterocycles. The van der Waals surface area contributed by atoms with E-state index in [2.05, 4.69) is 4.72 Å². The minimum absolute atomic E-state index is 0.0124. The second-order valence-corrected chi connectivity index (χ2v) is 6.31. The van der Waals surface area contributed by atoms with Crippen LogP contribution in [0.4, 0.5) is 10.1 Å². The summed E-state index contributed by atoms with van der Waals surface area (Å²) in [7, 11) is -3.91. The zero-order valence-electron chi connectivity index (χ0n) is 11.5. The number of hydrogen-bond donors (Lipinski definition) is 1. The van der Waals surface area contributed by atoms with Crippen LogP contribution in [0, 0.1) is 31.0 Å². The van der Waals surface area contributed by atoms with Gasteiger partial charge in [-0.3, -0.25) is 4.72 Å². The molecule has 0 fully saturated rings. The highest BCUT2D eigenvalue weighted by Gasteiger charge is 2.18. The van der Waals surface area contributed by atoms with Crippen LogP contribution in [0.1, 0.15) is 16.7 Å². The molecule has 0 amide bonds. The fourth-order valence-electron chi connectivity index (χ4n) is 1.88. The Kier molecular flexibility index (Phi) is 3.96. The molecule has 1 N–H and O–H groups in total. The topological polar surface area (TPSA) is 70.0 Å². The quantitative estimate of drug-likeness (QED) is 0.947. The lowest BCUT2D eigenvalue weighted by atomic mass is 10.1. The number of hydrogen-bond acceptors (Lipinski definition) is 3. The van der Waals surface area contributed by atoms with Crippen molar-refractivity contribution in [2.24, 2.45) is 0 Å². The second kappa shape index (κ2) is 5.54. The van der Waals surface area contributed by atoms with Gasteiger partial charge in [-0.05, 0) is 49.2 Å². The average Bonchev–Trinajstić information content (AvgIpc) is 2.43. The molecule has 0 atom stereocenters. The van der Waals surface area contributed by atoms with E-state index in [0.717, 1.165) is 0 Å². The number of nitrogens with zero attached hydrogens (tertiary/aromatic N) is 1. The molecule has 21 heavy (non-hydrogen) atoms. The molecule has 2 rings (SSSR count). The molecule has 0 bridgehead atoms. The van der Waals surface area contributed by atoms with Crippen LogP contribution in [-0.2, 0) is 10.0 Å². The van der Waals surface area contributed by atoms with Crippen LogP contribution in [0.3, 0.4) is 0 Å². The lowest BCUT2D eigenvalue weighted by molar-refractivity contribution is 0.598. The summed E-state index contributed by atoms with van der Waals surface area (Å²) >= 11 is 0. The number of anilines is 1. The molecule has 0 aliphatic heterocycles. The molecular formula is C15H13FN2O2S. The van der Waals surface area contributed by atoms with Crippen molar-refractivity contribution in [1.29, 1.82) is 5.26 Å². The molecule has 4 nitrogen and oxygen atoms in total. The molecule has 0 aromatic heterocycles. The van der Waals surface area contributed by atoms with E-state index in [0.29, 0.717) is 16.7 Å². The van der Waals surface area contributed by atoms with Gasteiger partial charge in [0.15, 0.2) is 0 Å². The van der Waals surface area contributed by atoms with Gasteiger partial charge in [0, 0.05) is 0 Å². The van der Waals surface area contributed by atoms with Crippen LogP contribution in [-0.4, -0.2) is 8.42 Å². The van der Waals surface area contributed by atoms with Gasteiger partial charge >= 0.3 is 0 Å². The number of para-hydroxylation sites is 1. The fraction of sp³-hybridized carbons (Fsp3) is 0.133. The minimum Gasteiger partial charge on any atom is -0.276 e. The number of halogens is 1. The number of aryl methyl sites for hydroxylation is 2. The summed E-state index contributed by atoms with van der Waals surface area (Å²) in [5.41, 5.74) is 1.37. The minimum atomic E-state index is -3.91. The highest BCUT2D eigenvalue weighted by atomic mass is 32.2. The van der Waals surface area contributed by atoms with Gasteiger partial charge in [-0.25, -0.2) is 12.8 Å². The molecule has 2 aromatic carbocycles. The molecular weight excluding hydrogens is 291 g/mol. The Balaban J connectivity index is 2.44. The highest BCUT2D eigenvalue weighted by molar-refractivity contribution is 7.92. The number of benzene rings is 2. The third-order valence-electron chi connectivity index (χ3n) is 3.09. The molecule has 6 heteroatoms.